The van der Waals surface area contributed by atoms with Gasteiger partial charge in [0, 0.05) is 23.9 Å². The summed E-state index contributed by atoms with van der Waals surface area (Å²) in [6.45, 7) is 0.429. The summed E-state index contributed by atoms with van der Waals surface area (Å²) in [4.78, 5) is 42.1. The molecule has 0 spiro atoms. The molecule has 0 aliphatic carbocycles. The number of benzene rings is 2. The highest BCUT2D eigenvalue weighted by atomic mass is 32.1. The number of hydrogen-bond donors (Lipinski definition) is 5. The molecule has 3 aromatic rings. The molecule has 9 nitrogen and oxygen atoms in total. The highest BCUT2D eigenvalue weighted by molar-refractivity contribution is 7.14. The molecular formula is C29H33N5O4S. The summed E-state index contributed by atoms with van der Waals surface area (Å²) in [6, 6.07) is 21.2. The zero-order chi connectivity index (χ0) is 27.8. The van der Waals surface area contributed by atoms with Gasteiger partial charge in [0.15, 0.2) is 0 Å². The monoisotopic (exact) mass is 547 g/mol. The first-order valence-corrected chi connectivity index (χ1v) is 13.7. The number of nitrogens with one attached hydrogen (secondary N) is 3. The summed E-state index contributed by atoms with van der Waals surface area (Å²) in [6.07, 6.45) is 1.82. The normalized spacial score (nSPS) is 15.7. The van der Waals surface area contributed by atoms with Gasteiger partial charge < -0.3 is 21.1 Å². The second kappa shape index (κ2) is 13.2. The van der Waals surface area contributed by atoms with Crippen molar-refractivity contribution in [3.8, 4) is 0 Å². The number of thiophene rings is 1. The Balaban J connectivity index is 1.52. The van der Waals surface area contributed by atoms with Gasteiger partial charge in [0.25, 0.3) is 0 Å². The number of likely N-dealkylation sites (tertiary alicyclic amines) is 1. The molecule has 2 amide bonds. The lowest BCUT2D eigenvalue weighted by atomic mass is 9.84. The fourth-order valence-corrected chi connectivity index (χ4v) is 5.88. The summed E-state index contributed by atoms with van der Waals surface area (Å²) in [7, 11) is 0. The van der Waals surface area contributed by atoms with E-state index in [0.29, 0.717) is 37.2 Å². The molecule has 4 rings (SSSR count). The molecule has 2 heterocycles. The molecule has 0 saturated carbocycles. The van der Waals surface area contributed by atoms with Crippen molar-refractivity contribution in [2.45, 2.75) is 37.3 Å². The van der Waals surface area contributed by atoms with Crippen molar-refractivity contribution >= 4 is 35.0 Å². The highest BCUT2D eigenvalue weighted by Crippen LogP contribution is 2.31. The zero-order valence-corrected chi connectivity index (χ0v) is 22.3. The van der Waals surface area contributed by atoms with Crippen LogP contribution in [0, 0.1) is 5.41 Å². The van der Waals surface area contributed by atoms with Crippen LogP contribution in [0.4, 0.5) is 0 Å². The summed E-state index contributed by atoms with van der Waals surface area (Å²) in [5.74, 6) is -2.01. The van der Waals surface area contributed by atoms with Crippen molar-refractivity contribution in [2.24, 2.45) is 5.73 Å². The van der Waals surface area contributed by atoms with Crippen molar-refractivity contribution in [1.29, 1.82) is 5.41 Å². The minimum Gasteiger partial charge on any atom is -0.480 e. The number of carboxylic acid groups (broad SMARTS) is 1. The molecule has 1 fully saturated rings. The lowest BCUT2D eigenvalue weighted by molar-refractivity contribution is -0.141. The lowest BCUT2D eigenvalue weighted by Crippen LogP contribution is -2.55. The van der Waals surface area contributed by atoms with E-state index >= 15 is 0 Å². The number of carbonyl (C=O) groups is 3. The topological polar surface area (TPSA) is 149 Å². The summed E-state index contributed by atoms with van der Waals surface area (Å²) in [5.41, 5.74) is 7.29. The van der Waals surface area contributed by atoms with Gasteiger partial charge in [0.05, 0.1) is 17.5 Å². The number of nitrogens with zero attached hydrogens (tertiary/aromatic N) is 1. The number of amides is 2. The highest BCUT2D eigenvalue weighted by Gasteiger charge is 2.40. The van der Waals surface area contributed by atoms with Crippen molar-refractivity contribution in [2.75, 3.05) is 19.6 Å². The molecule has 1 saturated heterocycles. The Labute approximate surface area is 231 Å². The Bertz CT molecular complexity index is 1260. The third kappa shape index (κ3) is 7.10. The Hall–Kier alpha value is -4.02. The van der Waals surface area contributed by atoms with Crippen LogP contribution in [-0.4, -0.2) is 65.3 Å². The molecule has 2 aromatic carbocycles. The molecule has 2 atom stereocenters. The first-order chi connectivity index (χ1) is 18.8. The van der Waals surface area contributed by atoms with Crippen molar-refractivity contribution < 1.29 is 19.5 Å². The van der Waals surface area contributed by atoms with E-state index in [2.05, 4.69) is 10.6 Å². The number of amidine groups is 1. The standard InChI is InChI=1S/C29H33N5O4S/c30-27(31)23-14-13-21(39-23)15-16-32-28(37)22-12-7-17-34(22)29(38)26(33-18-24(35)36)25(19-8-3-1-4-9-19)20-10-5-2-6-11-20/h1-6,8-11,13-14,22,25-26,33H,7,12,15-18H2,(H3,30,31)(H,32,37)(H,35,36). The molecule has 6 N–H and O–H groups in total. The maximum Gasteiger partial charge on any atom is 0.317 e. The van der Waals surface area contributed by atoms with Crippen LogP contribution in [0.15, 0.2) is 72.8 Å². The van der Waals surface area contributed by atoms with E-state index in [1.807, 2.05) is 66.7 Å². The molecular weight excluding hydrogens is 514 g/mol. The number of aliphatic carboxylic acids is 1. The van der Waals surface area contributed by atoms with Crippen LogP contribution in [-0.2, 0) is 20.8 Å². The lowest BCUT2D eigenvalue weighted by Gasteiger charge is -2.33. The van der Waals surface area contributed by atoms with Crippen LogP contribution >= 0.6 is 11.3 Å². The first kappa shape index (κ1) is 28.0. The molecule has 0 bridgehead atoms. The van der Waals surface area contributed by atoms with E-state index in [-0.39, 0.29) is 24.2 Å². The van der Waals surface area contributed by atoms with Crippen LogP contribution in [0.3, 0.4) is 0 Å². The fourth-order valence-electron chi connectivity index (χ4n) is 5.01. The van der Waals surface area contributed by atoms with Gasteiger partial charge in [-0.25, -0.2) is 0 Å². The number of rotatable bonds is 12. The van der Waals surface area contributed by atoms with Crippen LogP contribution in [0.1, 0.15) is 39.6 Å². The average Bonchev–Trinajstić information content (AvgIpc) is 3.62. The predicted octanol–water partition coefficient (Wildman–Crippen LogP) is 2.56. The van der Waals surface area contributed by atoms with E-state index in [4.69, 9.17) is 11.1 Å². The minimum absolute atomic E-state index is 0.0192. The van der Waals surface area contributed by atoms with Crippen LogP contribution in [0.5, 0.6) is 0 Å². The van der Waals surface area contributed by atoms with Crippen LogP contribution in [0.2, 0.25) is 0 Å². The third-order valence-corrected chi connectivity index (χ3v) is 8.00. The quantitative estimate of drug-likeness (QED) is 0.174. The third-order valence-electron chi connectivity index (χ3n) is 6.83. The Kier molecular flexibility index (Phi) is 9.45. The SMILES string of the molecule is N=C(N)c1ccc(CCNC(=O)C2CCCN2C(=O)C(NCC(=O)O)C(c2ccccc2)c2ccccc2)s1. The zero-order valence-electron chi connectivity index (χ0n) is 21.5. The van der Waals surface area contributed by atoms with Gasteiger partial charge in [-0.15, -0.1) is 11.3 Å². The van der Waals surface area contributed by atoms with Gasteiger partial charge >= 0.3 is 5.97 Å². The number of nitrogens with two attached hydrogens (primary N) is 1. The van der Waals surface area contributed by atoms with E-state index in [0.717, 1.165) is 16.0 Å². The predicted molar refractivity (Wildman–Crippen MR) is 151 cm³/mol. The van der Waals surface area contributed by atoms with Crippen molar-refractivity contribution in [3.63, 3.8) is 0 Å². The Morgan fingerprint density at radius 3 is 2.23 bits per heavy atom. The maximum atomic E-state index is 14.1. The van der Waals surface area contributed by atoms with Gasteiger partial charge in [0.2, 0.25) is 11.8 Å². The van der Waals surface area contributed by atoms with E-state index in [1.54, 1.807) is 11.0 Å². The second-order valence-electron chi connectivity index (χ2n) is 9.46. The summed E-state index contributed by atoms with van der Waals surface area (Å²) >= 11 is 1.42. The van der Waals surface area contributed by atoms with Gasteiger partial charge in [-0.3, -0.25) is 25.1 Å². The number of hydrogen-bond acceptors (Lipinski definition) is 6. The minimum atomic E-state index is -1.06. The maximum absolute atomic E-state index is 14.1. The molecule has 0 radical (unpaired) electrons. The number of carboxylic acids is 1. The average molecular weight is 548 g/mol. The molecule has 204 valence electrons. The molecule has 39 heavy (non-hydrogen) atoms. The van der Waals surface area contributed by atoms with Gasteiger partial charge in [0.1, 0.15) is 11.9 Å². The second-order valence-corrected chi connectivity index (χ2v) is 10.6. The van der Waals surface area contributed by atoms with E-state index in [1.165, 1.54) is 11.3 Å². The summed E-state index contributed by atoms with van der Waals surface area (Å²) in [5, 5.41) is 22.9. The Morgan fingerprint density at radius 1 is 1.03 bits per heavy atom. The van der Waals surface area contributed by atoms with E-state index < -0.39 is 24.0 Å². The van der Waals surface area contributed by atoms with Crippen molar-refractivity contribution in [1.82, 2.24) is 15.5 Å². The molecule has 1 aromatic heterocycles. The number of carbonyl (C=O) groups excluding carboxylic acids is 2. The van der Waals surface area contributed by atoms with E-state index in [9.17, 15) is 19.5 Å². The molecule has 1 aliphatic rings. The fraction of sp³-hybridized carbons (Fsp3) is 0.310. The molecule has 2 unspecified atom stereocenters. The molecule has 10 heteroatoms. The smallest absolute Gasteiger partial charge is 0.317 e. The molecule has 1 aliphatic heterocycles. The Morgan fingerprint density at radius 2 is 1.67 bits per heavy atom. The van der Waals surface area contributed by atoms with Gasteiger partial charge in [-0.05, 0) is 42.5 Å². The summed E-state index contributed by atoms with van der Waals surface area (Å²) < 4.78 is 0. The van der Waals surface area contributed by atoms with Crippen LogP contribution < -0.4 is 16.4 Å². The van der Waals surface area contributed by atoms with Crippen LogP contribution in [0.25, 0.3) is 0 Å². The van der Waals surface area contributed by atoms with Crippen molar-refractivity contribution in [3.05, 3.63) is 93.7 Å². The largest absolute Gasteiger partial charge is 0.480 e. The number of nitrogen functional groups attached to an aromatic ring is 1. The van der Waals surface area contributed by atoms with Gasteiger partial charge in [-0.1, -0.05) is 60.7 Å². The first-order valence-electron chi connectivity index (χ1n) is 12.9. The van der Waals surface area contributed by atoms with Gasteiger partial charge in [-0.2, -0.15) is 0 Å².